The van der Waals surface area contributed by atoms with Crippen LogP contribution in [-0.2, 0) is 6.54 Å². The Kier molecular flexibility index (Phi) is 4.68. The van der Waals surface area contributed by atoms with Gasteiger partial charge in [0.15, 0.2) is 0 Å². The number of H-pyrrole nitrogens is 1. The average molecular weight is 281 g/mol. The van der Waals surface area contributed by atoms with Crippen molar-refractivity contribution in [1.29, 1.82) is 0 Å². The third-order valence-corrected chi connectivity index (χ3v) is 2.79. The van der Waals surface area contributed by atoms with E-state index in [-0.39, 0.29) is 5.75 Å². The fourth-order valence-corrected chi connectivity index (χ4v) is 1.86. The van der Waals surface area contributed by atoms with E-state index in [0.717, 1.165) is 5.56 Å². The molecule has 2 aromatic rings. The molecule has 0 spiro atoms. The highest BCUT2D eigenvalue weighted by molar-refractivity contribution is 5.69. The maximum absolute atomic E-state index is 12.4. The highest BCUT2D eigenvalue weighted by Gasteiger charge is 2.15. The molecule has 0 saturated heterocycles. The zero-order valence-corrected chi connectivity index (χ0v) is 11.4. The van der Waals surface area contributed by atoms with Crippen LogP contribution in [0.1, 0.15) is 19.4 Å². The molecule has 20 heavy (non-hydrogen) atoms. The minimum atomic E-state index is -2.85. The van der Waals surface area contributed by atoms with Crippen molar-refractivity contribution in [2.75, 3.05) is 0 Å². The maximum atomic E-state index is 12.4. The Hall–Kier alpha value is -1.95. The summed E-state index contributed by atoms with van der Waals surface area (Å²) in [7, 11) is 0. The Balaban J connectivity index is 2.30. The Morgan fingerprint density at radius 3 is 2.75 bits per heavy atom. The van der Waals surface area contributed by atoms with E-state index in [1.54, 1.807) is 24.4 Å². The summed E-state index contributed by atoms with van der Waals surface area (Å²) in [5.41, 5.74) is 2.17. The highest BCUT2D eigenvalue weighted by atomic mass is 19.3. The van der Waals surface area contributed by atoms with Crippen LogP contribution in [0.4, 0.5) is 8.78 Å². The molecule has 4 nitrogen and oxygen atoms in total. The van der Waals surface area contributed by atoms with Crippen LogP contribution in [0, 0.1) is 0 Å². The molecule has 0 aliphatic heterocycles. The molecule has 0 aliphatic carbocycles. The summed E-state index contributed by atoms with van der Waals surface area (Å²) in [5, 5.41) is 10.1. The topological polar surface area (TPSA) is 49.9 Å². The average Bonchev–Trinajstić information content (AvgIpc) is 2.84. The summed E-state index contributed by atoms with van der Waals surface area (Å²) in [5.74, 6) is 0.137. The summed E-state index contributed by atoms with van der Waals surface area (Å²) < 4.78 is 29.4. The fourth-order valence-electron chi connectivity index (χ4n) is 1.86. The van der Waals surface area contributed by atoms with Gasteiger partial charge in [0.05, 0.1) is 11.9 Å². The van der Waals surface area contributed by atoms with E-state index in [9.17, 15) is 8.78 Å². The number of hydrogen-bond acceptors (Lipinski definition) is 3. The molecule has 1 aromatic carbocycles. The number of nitrogens with one attached hydrogen (secondary N) is 2. The molecule has 108 valence electrons. The summed E-state index contributed by atoms with van der Waals surface area (Å²) in [6, 6.07) is 6.99. The van der Waals surface area contributed by atoms with Crippen LogP contribution in [-0.4, -0.2) is 22.9 Å². The van der Waals surface area contributed by atoms with Crippen molar-refractivity contribution in [2.45, 2.75) is 33.0 Å². The SMILES string of the molecule is CC(C)NCc1cn[nH]c1-c1ccccc1OC(F)F. The van der Waals surface area contributed by atoms with Crippen LogP contribution < -0.4 is 10.1 Å². The smallest absolute Gasteiger partial charge is 0.387 e. The minimum absolute atomic E-state index is 0.137. The number of nitrogens with zero attached hydrogens (tertiary/aromatic N) is 1. The van der Waals surface area contributed by atoms with Gasteiger partial charge in [0.2, 0.25) is 0 Å². The summed E-state index contributed by atoms with van der Waals surface area (Å²) in [4.78, 5) is 0. The molecule has 0 saturated carbocycles. The molecule has 2 N–H and O–H groups in total. The number of rotatable bonds is 6. The normalized spacial score (nSPS) is 11.3. The number of alkyl halides is 2. The highest BCUT2D eigenvalue weighted by Crippen LogP contribution is 2.31. The first-order valence-electron chi connectivity index (χ1n) is 6.37. The van der Waals surface area contributed by atoms with Gasteiger partial charge in [0, 0.05) is 23.7 Å². The van der Waals surface area contributed by atoms with Crippen LogP contribution in [0.25, 0.3) is 11.3 Å². The van der Waals surface area contributed by atoms with Gasteiger partial charge in [-0.15, -0.1) is 0 Å². The number of aromatic amines is 1. The Bertz CT molecular complexity index is 555. The standard InChI is InChI=1S/C14H17F2N3O/c1-9(2)17-7-10-8-18-19-13(10)11-5-3-4-6-12(11)20-14(15)16/h3-6,8-9,14,17H,7H2,1-2H3,(H,18,19). The molecule has 0 atom stereocenters. The van der Waals surface area contributed by atoms with Gasteiger partial charge >= 0.3 is 6.61 Å². The zero-order chi connectivity index (χ0) is 14.5. The van der Waals surface area contributed by atoms with E-state index in [2.05, 4.69) is 20.3 Å². The minimum Gasteiger partial charge on any atom is -0.434 e. The van der Waals surface area contributed by atoms with E-state index < -0.39 is 6.61 Å². The first kappa shape index (κ1) is 14.5. The van der Waals surface area contributed by atoms with Crippen molar-refractivity contribution in [1.82, 2.24) is 15.5 Å². The van der Waals surface area contributed by atoms with E-state index in [1.165, 1.54) is 6.07 Å². The zero-order valence-electron chi connectivity index (χ0n) is 11.4. The Morgan fingerprint density at radius 2 is 2.05 bits per heavy atom. The van der Waals surface area contributed by atoms with Gasteiger partial charge in [-0.25, -0.2) is 0 Å². The van der Waals surface area contributed by atoms with Gasteiger partial charge in [-0.05, 0) is 12.1 Å². The molecule has 1 aromatic heterocycles. The van der Waals surface area contributed by atoms with Crippen molar-refractivity contribution in [3.63, 3.8) is 0 Å². The summed E-state index contributed by atoms with van der Waals surface area (Å²) in [6.45, 7) is 1.82. The van der Waals surface area contributed by atoms with Crippen LogP contribution in [0.2, 0.25) is 0 Å². The van der Waals surface area contributed by atoms with Crippen LogP contribution in [0.15, 0.2) is 30.5 Å². The third-order valence-electron chi connectivity index (χ3n) is 2.79. The van der Waals surface area contributed by atoms with Crippen molar-refractivity contribution >= 4 is 0 Å². The molecular formula is C14H17F2N3O. The van der Waals surface area contributed by atoms with Gasteiger partial charge < -0.3 is 10.1 Å². The second-order valence-corrected chi connectivity index (χ2v) is 4.68. The molecule has 0 bridgehead atoms. The number of ether oxygens (including phenoxy) is 1. The monoisotopic (exact) mass is 281 g/mol. The van der Waals surface area contributed by atoms with Gasteiger partial charge in [-0.3, -0.25) is 5.10 Å². The Labute approximate surface area is 116 Å². The van der Waals surface area contributed by atoms with Gasteiger partial charge in [0.1, 0.15) is 5.75 Å². The molecule has 1 heterocycles. The third kappa shape index (κ3) is 3.54. The second-order valence-electron chi connectivity index (χ2n) is 4.68. The van der Waals surface area contributed by atoms with Gasteiger partial charge in [-0.1, -0.05) is 26.0 Å². The number of halogens is 2. The lowest BCUT2D eigenvalue weighted by Gasteiger charge is -2.12. The molecule has 0 radical (unpaired) electrons. The van der Waals surface area contributed by atoms with E-state index in [0.29, 0.717) is 23.8 Å². The summed E-state index contributed by atoms with van der Waals surface area (Å²) in [6.07, 6.45) is 1.68. The predicted molar refractivity (Wildman–Crippen MR) is 72.6 cm³/mol. The lowest BCUT2D eigenvalue weighted by atomic mass is 10.1. The maximum Gasteiger partial charge on any atom is 0.387 e. The molecule has 0 aliphatic rings. The van der Waals surface area contributed by atoms with E-state index >= 15 is 0 Å². The first-order valence-corrected chi connectivity index (χ1v) is 6.37. The fraction of sp³-hybridized carbons (Fsp3) is 0.357. The van der Waals surface area contributed by atoms with Gasteiger partial charge in [-0.2, -0.15) is 13.9 Å². The predicted octanol–water partition coefficient (Wildman–Crippen LogP) is 3.18. The number of benzene rings is 1. The lowest BCUT2D eigenvalue weighted by molar-refractivity contribution is -0.0494. The largest absolute Gasteiger partial charge is 0.434 e. The molecule has 6 heteroatoms. The Morgan fingerprint density at radius 1 is 1.30 bits per heavy atom. The molecular weight excluding hydrogens is 264 g/mol. The van der Waals surface area contributed by atoms with E-state index in [1.807, 2.05) is 13.8 Å². The van der Waals surface area contributed by atoms with Crippen LogP contribution in [0.3, 0.4) is 0 Å². The summed E-state index contributed by atoms with van der Waals surface area (Å²) >= 11 is 0. The number of hydrogen-bond donors (Lipinski definition) is 2. The van der Waals surface area contributed by atoms with Crippen LogP contribution in [0.5, 0.6) is 5.75 Å². The van der Waals surface area contributed by atoms with Crippen molar-refractivity contribution < 1.29 is 13.5 Å². The molecule has 0 amide bonds. The molecule has 0 fully saturated rings. The molecule has 0 unspecified atom stereocenters. The van der Waals surface area contributed by atoms with Crippen molar-refractivity contribution in [2.24, 2.45) is 0 Å². The lowest BCUT2D eigenvalue weighted by Crippen LogP contribution is -2.21. The van der Waals surface area contributed by atoms with Crippen molar-refractivity contribution in [3.05, 3.63) is 36.0 Å². The quantitative estimate of drug-likeness (QED) is 0.855. The number of para-hydroxylation sites is 1. The first-order chi connectivity index (χ1) is 9.58. The number of aromatic nitrogens is 2. The van der Waals surface area contributed by atoms with Gasteiger partial charge in [0.25, 0.3) is 0 Å². The van der Waals surface area contributed by atoms with E-state index in [4.69, 9.17) is 0 Å². The van der Waals surface area contributed by atoms with Crippen LogP contribution >= 0.6 is 0 Å². The van der Waals surface area contributed by atoms with Crippen molar-refractivity contribution in [3.8, 4) is 17.0 Å². The molecule has 2 rings (SSSR count). The second kappa shape index (κ2) is 6.47.